The quantitative estimate of drug-likeness (QED) is 0.828. The summed E-state index contributed by atoms with van der Waals surface area (Å²) in [4.78, 5) is 27.8. The molecule has 0 bridgehead atoms. The number of anilines is 1. The van der Waals surface area contributed by atoms with Crippen molar-refractivity contribution in [3.05, 3.63) is 40.9 Å². The Balaban J connectivity index is 2.03. The highest BCUT2D eigenvalue weighted by Crippen LogP contribution is 2.21. The zero-order chi connectivity index (χ0) is 15.9. The standard InChI is InChI=1S/C15H16N2O4S/c1-3-21-13(18)8-10-9-22-15(16-10)17-14(19)11-6-4-5-7-12(11)20-2/h4-7,9H,3,8H2,1-2H3,(H,16,17,19). The summed E-state index contributed by atoms with van der Waals surface area (Å²) in [6, 6.07) is 6.92. The number of hydrogen-bond acceptors (Lipinski definition) is 6. The third kappa shape index (κ3) is 4.05. The van der Waals surface area contributed by atoms with Crippen molar-refractivity contribution in [3.63, 3.8) is 0 Å². The molecule has 6 nitrogen and oxygen atoms in total. The molecule has 0 unspecified atom stereocenters. The van der Waals surface area contributed by atoms with Gasteiger partial charge in [0.25, 0.3) is 5.91 Å². The maximum Gasteiger partial charge on any atom is 0.311 e. The number of methoxy groups -OCH3 is 1. The molecular weight excluding hydrogens is 304 g/mol. The molecule has 0 fully saturated rings. The van der Waals surface area contributed by atoms with Gasteiger partial charge in [-0.05, 0) is 19.1 Å². The average Bonchev–Trinajstić information content (AvgIpc) is 2.94. The van der Waals surface area contributed by atoms with E-state index < -0.39 is 0 Å². The van der Waals surface area contributed by atoms with Crippen molar-refractivity contribution in [2.24, 2.45) is 0 Å². The number of ether oxygens (including phenoxy) is 2. The largest absolute Gasteiger partial charge is 0.496 e. The molecule has 1 aromatic carbocycles. The van der Waals surface area contributed by atoms with E-state index in [-0.39, 0.29) is 18.3 Å². The summed E-state index contributed by atoms with van der Waals surface area (Å²) < 4.78 is 10.0. The fourth-order valence-electron chi connectivity index (χ4n) is 1.80. The lowest BCUT2D eigenvalue weighted by molar-refractivity contribution is -0.142. The zero-order valence-corrected chi connectivity index (χ0v) is 13.1. The highest BCUT2D eigenvalue weighted by atomic mass is 32.1. The number of rotatable bonds is 6. The second kappa shape index (κ2) is 7.56. The van der Waals surface area contributed by atoms with Gasteiger partial charge in [-0.15, -0.1) is 11.3 Å². The van der Waals surface area contributed by atoms with Gasteiger partial charge in [0.15, 0.2) is 5.13 Å². The highest BCUT2D eigenvalue weighted by Gasteiger charge is 2.14. The van der Waals surface area contributed by atoms with E-state index in [1.165, 1.54) is 18.4 Å². The Morgan fingerprint density at radius 1 is 1.32 bits per heavy atom. The molecule has 0 aliphatic heterocycles. The van der Waals surface area contributed by atoms with Crippen LogP contribution in [0.3, 0.4) is 0 Å². The van der Waals surface area contributed by atoms with Gasteiger partial charge < -0.3 is 9.47 Å². The lowest BCUT2D eigenvalue weighted by Gasteiger charge is -2.07. The van der Waals surface area contributed by atoms with Crippen molar-refractivity contribution in [2.75, 3.05) is 19.0 Å². The van der Waals surface area contributed by atoms with Gasteiger partial charge >= 0.3 is 5.97 Å². The molecule has 0 saturated carbocycles. The first-order chi connectivity index (χ1) is 10.6. The second-order valence-electron chi connectivity index (χ2n) is 4.28. The molecule has 1 N–H and O–H groups in total. The molecule has 0 saturated heterocycles. The Kier molecular flexibility index (Phi) is 5.48. The van der Waals surface area contributed by atoms with Gasteiger partial charge in [-0.1, -0.05) is 12.1 Å². The summed E-state index contributed by atoms with van der Waals surface area (Å²) in [5.74, 6) is -0.159. The van der Waals surface area contributed by atoms with Crippen LogP contribution < -0.4 is 10.1 Å². The molecule has 7 heteroatoms. The lowest BCUT2D eigenvalue weighted by atomic mass is 10.2. The van der Waals surface area contributed by atoms with Crippen LogP contribution in [0.2, 0.25) is 0 Å². The Hall–Kier alpha value is -2.41. The van der Waals surface area contributed by atoms with E-state index in [1.807, 2.05) is 0 Å². The van der Waals surface area contributed by atoms with Crippen molar-refractivity contribution >= 4 is 28.3 Å². The summed E-state index contributed by atoms with van der Waals surface area (Å²) >= 11 is 1.25. The van der Waals surface area contributed by atoms with Crippen LogP contribution in [-0.2, 0) is 16.0 Å². The van der Waals surface area contributed by atoms with Crippen molar-refractivity contribution in [2.45, 2.75) is 13.3 Å². The summed E-state index contributed by atoms with van der Waals surface area (Å²) in [7, 11) is 1.51. The van der Waals surface area contributed by atoms with Gasteiger partial charge in [0.05, 0.1) is 31.4 Å². The third-order valence-corrected chi connectivity index (χ3v) is 3.56. The van der Waals surface area contributed by atoms with Gasteiger partial charge in [-0.3, -0.25) is 14.9 Å². The van der Waals surface area contributed by atoms with Crippen LogP contribution >= 0.6 is 11.3 Å². The Labute approximate surface area is 132 Å². The number of carbonyl (C=O) groups is 2. The summed E-state index contributed by atoms with van der Waals surface area (Å²) in [6.07, 6.45) is 0.0921. The Bertz CT molecular complexity index is 669. The van der Waals surface area contributed by atoms with Crippen molar-refractivity contribution in [3.8, 4) is 5.75 Å². The van der Waals surface area contributed by atoms with E-state index in [9.17, 15) is 9.59 Å². The number of hydrogen-bond donors (Lipinski definition) is 1. The number of benzene rings is 1. The molecule has 0 radical (unpaired) electrons. The van der Waals surface area contributed by atoms with Crippen LogP contribution in [-0.4, -0.2) is 30.6 Å². The molecule has 2 aromatic rings. The maximum absolute atomic E-state index is 12.2. The Morgan fingerprint density at radius 2 is 2.09 bits per heavy atom. The lowest BCUT2D eigenvalue weighted by Crippen LogP contribution is -2.13. The van der Waals surface area contributed by atoms with E-state index >= 15 is 0 Å². The zero-order valence-electron chi connectivity index (χ0n) is 12.3. The third-order valence-electron chi connectivity index (χ3n) is 2.75. The minimum atomic E-state index is -0.338. The number of esters is 1. The second-order valence-corrected chi connectivity index (χ2v) is 5.14. The number of nitrogens with zero attached hydrogens (tertiary/aromatic N) is 1. The van der Waals surface area contributed by atoms with Gasteiger partial charge in [0.2, 0.25) is 0 Å². The van der Waals surface area contributed by atoms with E-state index in [1.54, 1.807) is 36.6 Å². The number of carbonyl (C=O) groups excluding carboxylic acids is 2. The van der Waals surface area contributed by atoms with Gasteiger partial charge in [-0.2, -0.15) is 0 Å². The van der Waals surface area contributed by atoms with Crippen LogP contribution in [0.5, 0.6) is 5.75 Å². The minimum Gasteiger partial charge on any atom is -0.496 e. The van der Waals surface area contributed by atoms with Crippen LogP contribution in [0, 0.1) is 0 Å². The Morgan fingerprint density at radius 3 is 2.82 bits per heavy atom. The molecule has 0 aliphatic rings. The predicted octanol–water partition coefficient (Wildman–Crippen LogP) is 2.51. The first-order valence-electron chi connectivity index (χ1n) is 6.68. The molecule has 1 aromatic heterocycles. The number of thiazole rings is 1. The molecule has 1 amide bonds. The monoisotopic (exact) mass is 320 g/mol. The SMILES string of the molecule is CCOC(=O)Cc1csc(NC(=O)c2ccccc2OC)n1. The van der Waals surface area contributed by atoms with Crippen LogP contribution in [0.4, 0.5) is 5.13 Å². The minimum absolute atomic E-state index is 0.0921. The number of amides is 1. The number of nitrogens with one attached hydrogen (secondary N) is 1. The van der Waals surface area contributed by atoms with Crippen molar-refractivity contribution in [1.29, 1.82) is 0 Å². The molecule has 0 spiro atoms. The number of para-hydroxylation sites is 1. The summed E-state index contributed by atoms with van der Waals surface area (Å²) in [5.41, 5.74) is 0.992. The van der Waals surface area contributed by atoms with E-state index in [0.29, 0.717) is 28.7 Å². The molecule has 0 aliphatic carbocycles. The summed E-state index contributed by atoms with van der Waals surface area (Å²) in [5, 5.41) is 4.84. The molecule has 0 atom stereocenters. The first kappa shape index (κ1) is 16.0. The topological polar surface area (TPSA) is 77.5 Å². The van der Waals surface area contributed by atoms with Crippen LogP contribution in [0.25, 0.3) is 0 Å². The maximum atomic E-state index is 12.2. The van der Waals surface area contributed by atoms with Gasteiger partial charge in [0, 0.05) is 5.38 Å². The fourth-order valence-corrected chi connectivity index (χ4v) is 2.51. The van der Waals surface area contributed by atoms with Crippen LogP contribution in [0.1, 0.15) is 23.0 Å². The first-order valence-corrected chi connectivity index (χ1v) is 7.56. The molecule has 116 valence electrons. The normalized spacial score (nSPS) is 10.1. The number of aromatic nitrogens is 1. The van der Waals surface area contributed by atoms with Gasteiger partial charge in [0.1, 0.15) is 5.75 Å². The average molecular weight is 320 g/mol. The van der Waals surface area contributed by atoms with Crippen molar-refractivity contribution in [1.82, 2.24) is 4.98 Å². The van der Waals surface area contributed by atoms with E-state index in [4.69, 9.17) is 9.47 Å². The molecule has 22 heavy (non-hydrogen) atoms. The van der Waals surface area contributed by atoms with Gasteiger partial charge in [-0.25, -0.2) is 4.98 Å². The van der Waals surface area contributed by atoms with E-state index in [2.05, 4.69) is 10.3 Å². The smallest absolute Gasteiger partial charge is 0.311 e. The molecule has 1 heterocycles. The van der Waals surface area contributed by atoms with Crippen molar-refractivity contribution < 1.29 is 19.1 Å². The highest BCUT2D eigenvalue weighted by molar-refractivity contribution is 7.14. The predicted molar refractivity (Wildman–Crippen MR) is 83.4 cm³/mol. The molecule has 2 rings (SSSR count). The fraction of sp³-hybridized carbons (Fsp3) is 0.267. The molecular formula is C15H16N2O4S. The summed E-state index contributed by atoms with van der Waals surface area (Å²) in [6.45, 7) is 2.08. The van der Waals surface area contributed by atoms with E-state index in [0.717, 1.165) is 0 Å². The van der Waals surface area contributed by atoms with Crippen LogP contribution in [0.15, 0.2) is 29.6 Å².